The van der Waals surface area contributed by atoms with E-state index < -0.39 is 12.6 Å². The van der Waals surface area contributed by atoms with Crippen molar-refractivity contribution in [1.29, 1.82) is 0 Å². The van der Waals surface area contributed by atoms with E-state index in [1.54, 1.807) is 7.05 Å². The van der Waals surface area contributed by atoms with Crippen molar-refractivity contribution in [2.24, 2.45) is 0 Å². The molecule has 16 heavy (non-hydrogen) atoms. The highest BCUT2D eigenvalue weighted by Gasteiger charge is 2.31. The Morgan fingerprint density at radius 2 is 1.88 bits per heavy atom. The normalized spacial score (nSPS) is 27.4. The zero-order chi connectivity index (χ0) is 12.2. The number of alkyl halides is 3. The van der Waals surface area contributed by atoms with Gasteiger partial charge in [-0.3, -0.25) is 0 Å². The molecule has 2 nitrogen and oxygen atoms in total. The van der Waals surface area contributed by atoms with E-state index in [4.69, 9.17) is 0 Å². The average Bonchev–Trinajstić information content (AvgIpc) is 2.25. The number of rotatable bonds is 4. The molecule has 0 aromatic rings. The first-order chi connectivity index (χ1) is 7.44. The van der Waals surface area contributed by atoms with Crippen LogP contribution in [0, 0.1) is 0 Å². The van der Waals surface area contributed by atoms with Gasteiger partial charge in [0.05, 0.1) is 6.42 Å². The summed E-state index contributed by atoms with van der Waals surface area (Å²) in [7, 11) is 3.69. The Labute approximate surface area is 95.2 Å². The minimum atomic E-state index is -4.04. The Hall–Kier alpha value is -0.290. The van der Waals surface area contributed by atoms with Gasteiger partial charge in [-0.15, -0.1) is 0 Å². The Balaban J connectivity index is 2.41. The van der Waals surface area contributed by atoms with Crippen LogP contribution < -0.4 is 5.32 Å². The molecular weight excluding hydrogens is 217 g/mol. The summed E-state index contributed by atoms with van der Waals surface area (Å²) in [5, 5.41) is 3.21. The molecular formula is C11H21F3N2. The second-order valence-electron chi connectivity index (χ2n) is 4.59. The van der Waals surface area contributed by atoms with Crippen LogP contribution in [0.3, 0.4) is 0 Å². The van der Waals surface area contributed by atoms with E-state index >= 15 is 0 Å². The molecule has 0 heterocycles. The summed E-state index contributed by atoms with van der Waals surface area (Å²) < 4.78 is 36.4. The van der Waals surface area contributed by atoms with Gasteiger partial charge >= 0.3 is 6.18 Å². The number of nitrogens with one attached hydrogen (secondary N) is 1. The molecule has 2 atom stereocenters. The van der Waals surface area contributed by atoms with E-state index in [9.17, 15) is 13.2 Å². The topological polar surface area (TPSA) is 15.3 Å². The maximum Gasteiger partial charge on any atom is 0.390 e. The van der Waals surface area contributed by atoms with Crippen molar-refractivity contribution in [3.63, 3.8) is 0 Å². The quantitative estimate of drug-likeness (QED) is 0.809. The lowest BCUT2D eigenvalue weighted by Gasteiger charge is -2.38. The lowest BCUT2D eigenvalue weighted by Crippen LogP contribution is -2.50. The predicted octanol–water partition coefficient (Wildman–Crippen LogP) is 2.40. The van der Waals surface area contributed by atoms with Gasteiger partial charge in [0, 0.05) is 18.6 Å². The summed E-state index contributed by atoms with van der Waals surface area (Å²) in [5.41, 5.74) is 0. The number of nitrogens with zero attached hydrogens (tertiary/aromatic N) is 1. The van der Waals surface area contributed by atoms with Crippen LogP contribution in [0.4, 0.5) is 13.2 Å². The number of hydrogen-bond donors (Lipinski definition) is 1. The van der Waals surface area contributed by atoms with E-state index in [-0.39, 0.29) is 12.6 Å². The fourth-order valence-corrected chi connectivity index (χ4v) is 2.44. The van der Waals surface area contributed by atoms with Crippen LogP contribution in [0.15, 0.2) is 0 Å². The maximum atomic E-state index is 12.1. The van der Waals surface area contributed by atoms with Crippen molar-refractivity contribution < 1.29 is 13.2 Å². The lowest BCUT2D eigenvalue weighted by molar-refractivity contribution is -0.138. The largest absolute Gasteiger partial charge is 0.390 e. The molecule has 1 fully saturated rings. The molecule has 0 bridgehead atoms. The van der Waals surface area contributed by atoms with Crippen molar-refractivity contribution in [2.75, 3.05) is 20.6 Å². The number of halogens is 3. The van der Waals surface area contributed by atoms with Crippen molar-refractivity contribution in [3.05, 3.63) is 0 Å². The van der Waals surface area contributed by atoms with Gasteiger partial charge in [-0.1, -0.05) is 12.8 Å². The van der Waals surface area contributed by atoms with Gasteiger partial charge in [-0.2, -0.15) is 13.2 Å². The zero-order valence-corrected chi connectivity index (χ0v) is 9.98. The zero-order valence-electron chi connectivity index (χ0n) is 9.98. The van der Waals surface area contributed by atoms with Crippen LogP contribution in [0.1, 0.15) is 32.1 Å². The molecule has 1 rings (SSSR count). The van der Waals surface area contributed by atoms with E-state index in [0.717, 1.165) is 19.3 Å². The van der Waals surface area contributed by atoms with E-state index in [1.807, 2.05) is 11.9 Å². The van der Waals surface area contributed by atoms with Crippen molar-refractivity contribution in [1.82, 2.24) is 10.2 Å². The van der Waals surface area contributed by atoms with E-state index in [1.165, 1.54) is 6.42 Å². The molecule has 0 saturated heterocycles. The summed E-state index contributed by atoms with van der Waals surface area (Å²) in [6, 6.07) is 0.591. The molecule has 96 valence electrons. The van der Waals surface area contributed by atoms with Crippen LogP contribution in [-0.2, 0) is 0 Å². The monoisotopic (exact) mass is 238 g/mol. The fourth-order valence-electron chi connectivity index (χ4n) is 2.44. The third kappa shape index (κ3) is 4.29. The van der Waals surface area contributed by atoms with Gasteiger partial charge in [0.1, 0.15) is 0 Å². The van der Waals surface area contributed by atoms with Gasteiger partial charge in [0.2, 0.25) is 0 Å². The number of likely N-dealkylation sites (N-methyl/N-ethyl adjacent to an activating group) is 2. The maximum absolute atomic E-state index is 12.1. The summed E-state index contributed by atoms with van der Waals surface area (Å²) in [4.78, 5) is 1.85. The SMILES string of the molecule is CNC1CCCCC1N(C)CCC(F)(F)F. The standard InChI is InChI=1S/C11H21F3N2/c1-15-9-5-3-4-6-10(9)16(2)8-7-11(12,13)14/h9-10,15H,3-8H2,1-2H3. The van der Waals surface area contributed by atoms with Crippen LogP contribution in [0.25, 0.3) is 0 Å². The Morgan fingerprint density at radius 1 is 1.25 bits per heavy atom. The third-order valence-electron chi connectivity index (χ3n) is 3.41. The molecule has 2 unspecified atom stereocenters. The third-order valence-corrected chi connectivity index (χ3v) is 3.41. The highest BCUT2D eigenvalue weighted by molar-refractivity contribution is 4.86. The molecule has 0 radical (unpaired) electrons. The Morgan fingerprint density at radius 3 is 2.44 bits per heavy atom. The minimum absolute atomic E-state index is 0.104. The molecule has 0 aliphatic heterocycles. The van der Waals surface area contributed by atoms with Gasteiger partial charge < -0.3 is 10.2 Å². The van der Waals surface area contributed by atoms with Crippen molar-refractivity contribution in [3.8, 4) is 0 Å². The molecule has 5 heteroatoms. The van der Waals surface area contributed by atoms with E-state index in [2.05, 4.69) is 5.32 Å². The minimum Gasteiger partial charge on any atom is -0.315 e. The lowest BCUT2D eigenvalue weighted by atomic mass is 9.89. The summed E-state index contributed by atoms with van der Waals surface area (Å²) >= 11 is 0. The van der Waals surface area contributed by atoms with Gasteiger partial charge in [-0.25, -0.2) is 0 Å². The molecule has 0 amide bonds. The predicted molar refractivity (Wildman–Crippen MR) is 58.4 cm³/mol. The molecule has 1 N–H and O–H groups in total. The first kappa shape index (κ1) is 13.8. The van der Waals surface area contributed by atoms with Crippen molar-refractivity contribution in [2.45, 2.75) is 50.4 Å². The number of hydrogen-bond acceptors (Lipinski definition) is 2. The first-order valence-corrected chi connectivity index (χ1v) is 5.88. The highest BCUT2D eigenvalue weighted by Crippen LogP contribution is 2.25. The van der Waals surface area contributed by atoms with Crippen LogP contribution in [0.5, 0.6) is 0 Å². The van der Waals surface area contributed by atoms with Crippen molar-refractivity contribution >= 4 is 0 Å². The second-order valence-corrected chi connectivity index (χ2v) is 4.59. The van der Waals surface area contributed by atoms with Crippen LogP contribution >= 0.6 is 0 Å². The summed E-state index contributed by atoms with van der Waals surface area (Å²) in [6.45, 7) is 0.104. The Bertz CT molecular complexity index is 206. The summed E-state index contributed by atoms with van der Waals surface area (Å²) in [5.74, 6) is 0. The highest BCUT2D eigenvalue weighted by atomic mass is 19.4. The van der Waals surface area contributed by atoms with Gasteiger partial charge in [-0.05, 0) is 26.9 Å². The van der Waals surface area contributed by atoms with Gasteiger partial charge in [0.15, 0.2) is 0 Å². The van der Waals surface area contributed by atoms with Gasteiger partial charge in [0.25, 0.3) is 0 Å². The molecule has 1 aliphatic rings. The smallest absolute Gasteiger partial charge is 0.315 e. The summed E-state index contributed by atoms with van der Waals surface area (Å²) in [6.07, 6.45) is -0.389. The molecule has 0 aromatic carbocycles. The average molecular weight is 238 g/mol. The molecule has 0 aromatic heterocycles. The second kappa shape index (κ2) is 5.87. The first-order valence-electron chi connectivity index (χ1n) is 5.88. The fraction of sp³-hybridized carbons (Fsp3) is 1.00. The Kier molecular flexibility index (Phi) is 5.05. The van der Waals surface area contributed by atoms with Crippen LogP contribution in [0.2, 0.25) is 0 Å². The molecule has 0 spiro atoms. The van der Waals surface area contributed by atoms with E-state index in [0.29, 0.717) is 6.04 Å². The van der Waals surface area contributed by atoms with Crippen LogP contribution in [-0.4, -0.2) is 43.8 Å². The molecule has 1 saturated carbocycles. The molecule has 1 aliphatic carbocycles.